The highest BCUT2D eigenvalue weighted by Gasteiger charge is 2.25. The van der Waals surface area contributed by atoms with Crippen LogP contribution in [0.4, 0.5) is 23.3 Å². The summed E-state index contributed by atoms with van der Waals surface area (Å²) in [5.74, 6) is 4.48. The average molecular weight is 1220 g/mol. The van der Waals surface area contributed by atoms with Crippen LogP contribution in [0, 0.1) is 0 Å². The minimum absolute atomic E-state index is 0.00859. The lowest BCUT2D eigenvalue weighted by atomic mass is 10.2. The first-order valence-electron chi connectivity index (χ1n) is 25.7. The molecule has 434 valence electrons. The smallest absolute Gasteiger partial charge is 0.323 e. The van der Waals surface area contributed by atoms with Crippen molar-refractivity contribution in [2.75, 3.05) is 41.5 Å². The van der Waals surface area contributed by atoms with Crippen molar-refractivity contribution < 1.29 is 42.2 Å². The number of nitrogens with one attached hydrogen (secondary N) is 7. The van der Waals surface area contributed by atoms with Crippen LogP contribution in [0.25, 0.3) is 44.1 Å². The number of carboxylic acids is 1. The van der Waals surface area contributed by atoms with E-state index in [1.54, 1.807) is 62.8 Å². The van der Waals surface area contributed by atoms with Crippen LogP contribution in [0.5, 0.6) is 0 Å². The fraction of sp³-hybridized carbons (Fsp3) is 0.222. The number of aliphatic hydroxyl groups is 1. The zero-order valence-electron chi connectivity index (χ0n) is 44.3. The third kappa shape index (κ3) is 14.5. The minimum Gasteiger partial charge on any atom is -0.480 e. The van der Waals surface area contributed by atoms with Crippen molar-refractivity contribution in [1.29, 1.82) is 0 Å². The van der Waals surface area contributed by atoms with Gasteiger partial charge in [0.15, 0.2) is 0 Å². The second-order valence-corrected chi connectivity index (χ2v) is 19.7. The van der Waals surface area contributed by atoms with Crippen molar-refractivity contribution in [3.05, 3.63) is 165 Å². The van der Waals surface area contributed by atoms with Gasteiger partial charge in [0.25, 0.3) is 5.91 Å². The van der Waals surface area contributed by atoms with E-state index < -0.39 is 5.97 Å². The monoisotopic (exact) mass is 1220 g/mol. The van der Waals surface area contributed by atoms with Crippen LogP contribution < -0.4 is 21.3 Å². The van der Waals surface area contributed by atoms with E-state index in [2.05, 4.69) is 76.1 Å². The van der Waals surface area contributed by atoms with E-state index >= 15 is 0 Å². The van der Waals surface area contributed by atoms with Crippen LogP contribution >= 0.6 is 46.4 Å². The maximum absolute atomic E-state index is 12.8. The summed E-state index contributed by atoms with van der Waals surface area (Å²) in [6.07, 6.45) is 11.8. The molecule has 0 saturated carbocycles. The number of hydrogen-bond donors (Lipinski definition) is 9. The van der Waals surface area contributed by atoms with Gasteiger partial charge in [-0.15, -0.1) is 0 Å². The van der Waals surface area contributed by atoms with E-state index in [4.69, 9.17) is 79.0 Å². The number of aliphatic hydroxyl groups excluding tert-OH is 1. The lowest BCUT2D eigenvalue weighted by Crippen LogP contribution is -2.27. The number of hydrogen-bond acceptors (Lipinski definition) is 20. The first-order valence-corrected chi connectivity index (χ1v) is 27.2. The highest BCUT2D eigenvalue weighted by molar-refractivity contribution is 6.30. The first kappa shape index (κ1) is 58.0. The summed E-state index contributed by atoms with van der Waals surface area (Å²) in [5, 5.41) is 34.1. The molecule has 1 aliphatic rings. The van der Waals surface area contributed by atoms with Gasteiger partial charge < -0.3 is 78.3 Å². The highest BCUT2D eigenvalue weighted by Crippen LogP contribution is 2.30. The maximum atomic E-state index is 12.8. The summed E-state index contributed by atoms with van der Waals surface area (Å²) in [5.41, 5.74) is 4.42. The standard InChI is InChI=1S/C16H16ClN5O2.C13H11ClN4O3.C13H13ClN4O2.C12H11ClN4O2/c17-16-20-13(18-8-10-4-3-7-24-10)12-11(9-19-14(12)21-16)15(23)22-5-1-2-6-22;14-13-16-11(15-6-8-2-1-5-21-8)9-3-4-18(7-10(19)20)12(9)17-13;1-19-7-8-5-10-11(15-6-9-3-2-4-20-9)17-13(14)18-12(10)16-8;13-12-16-10(14-5-8-2-1-3-19-8)9-4-7(6-18)15-11(9)17-12/h3-4,7,9H,1-2,5-6,8H2,(H2,18,19,20,21);1-5H,6-7H2,(H,19,20)(H,15,16,17);2-5H,6-7H2,1H3,(H2,15,16,17,18);1-4,18H,5-6H2,(H2,14,15,16,17). The number of anilines is 4. The number of nitrogens with zero attached hydrogens (tertiary/aromatic N) is 10. The lowest BCUT2D eigenvalue weighted by Gasteiger charge is -2.15. The second-order valence-electron chi connectivity index (χ2n) is 18.3. The quantitative estimate of drug-likeness (QED) is 0.0360. The molecule has 84 heavy (non-hydrogen) atoms. The molecule has 9 N–H and O–H groups in total. The molecular weight excluding hydrogens is 1170 g/mol. The summed E-state index contributed by atoms with van der Waals surface area (Å²) in [6.45, 7) is 3.68. The van der Waals surface area contributed by atoms with Gasteiger partial charge in [0.05, 0.1) is 91.6 Å². The number of methoxy groups -OCH3 is 1. The minimum atomic E-state index is -0.952. The topological polar surface area (TPSA) is 343 Å². The third-order valence-corrected chi connectivity index (χ3v) is 13.2. The van der Waals surface area contributed by atoms with Crippen LogP contribution in [0.3, 0.4) is 0 Å². The van der Waals surface area contributed by atoms with Gasteiger partial charge in [-0.1, -0.05) is 0 Å². The largest absolute Gasteiger partial charge is 0.480 e. The molecular formula is C54H51Cl4N17O9. The van der Waals surface area contributed by atoms with E-state index in [1.807, 2.05) is 53.4 Å². The number of amides is 1. The van der Waals surface area contributed by atoms with Gasteiger partial charge >= 0.3 is 5.97 Å². The molecule has 0 atom stereocenters. The fourth-order valence-corrected chi connectivity index (χ4v) is 9.51. The predicted molar refractivity (Wildman–Crippen MR) is 313 cm³/mol. The fourth-order valence-electron chi connectivity index (χ4n) is 8.84. The zero-order chi connectivity index (χ0) is 58.5. The average Bonchev–Trinajstić information content (AvgIpc) is 4.46. The molecule has 13 rings (SSSR count). The number of ether oxygens (including phenoxy) is 1. The molecule has 0 aliphatic carbocycles. The summed E-state index contributed by atoms with van der Waals surface area (Å²) < 4.78 is 27.7. The van der Waals surface area contributed by atoms with Crippen molar-refractivity contribution in [2.45, 2.75) is 58.8 Å². The SMILES string of the molecule is COCc1cc2c(NCc3ccco3)nc(Cl)nc2[nH]1.O=C(O)Cn1ccc2c(NCc3ccco3)nc(Cl)nc21.O=C(c1c[nH]c2nc(Cl)nc(NCc3ccco3)c12)N1CCCC1.OCc1cc2c(NCc3ccco3)nc(Cl)nc2[nH]1. The molecule has 30 heteroatoms. The normalized spacial score (nSPS) is 12.0. The summed E-state index contributed by atoms with van der Waals surface area (Å²) in [4.78, 5) is 67.8. The van der Waals surface area contributed by atoms with Crippen LogP contribution in [0.2, 0.25) is 21.1 Å². The summed E-state index contributed by atoms with van der Waals surface area (Å²) >= 11 is 23.7. The molecule has 1 fully saturated rings. The Bertz CT molecular complexity index is 4100. The molecule has 12 aromatic rings. The second kappa shape index (κ2) is 27.3. The zero-order valence-corrected chi connectivity index (χ0v) is 47.4. The Balaban J connectivity index is 0.000000125. The highest BCUT2D eigenvalue weighted by atomic mass is 35.5. The Morgan fingerprint density at radius 2 is 1.06 bits per heavy atom. The molecule has 0 radical (unpaired) electrons. The van der Waals surface area contributed by atoms with Crippen molar-refractivity contribution in [2.24, 2.45) is 0 Å². The van der Waals surface area contributed by atoms with Crippen LogP contribution in [-0.4, -0.2) is 107 Å². The number of likely N-dealkylation sites (tertiary alicyclic amines) is 1. The third-order valence-electron chi connectivity index (χ3n) is 12.6. The number of furan rings is 4. The Morgan fingerprint density at radius 3 is 1.54 bits per heavy atom. The number of H-pyrrole nitrogens is 3. The van der Waals surface area contributed by atoms with Gasteiger partial charge in [0.2, 0.25) is 21.1 Å². The van der Waals surface area contributed by atoms with E-state index in [0.717, 1.165) is 65.4 Å². The maximum Gasteiger partial charge on any atom is 0.323 e. The summed E-state index contributed by atoms with van der Waals surface area (Å²) in [7, 11) is 1.64. The van der Waals surface area contributed by atoms with Gasteiger partial charge in [-0.05, 0) is 126 Å². The van der Waals surface area contributed by atoms with Crippen molar-refractivity contribution in [1.82, 2.24) is 64.3 Å². The number of carbonyl (C=O) groups excluding carboxylic acids is 1. The molecule has 0 spiro atoms. The number of halogens is 4. The van der Waals surface area contributed by atoms with Gasteiger partial charge in [0, 0.05) is 44.0 Å². The van der Waals surface area contributed by atoms with E-state index in [1.165, 1.54) is 4.57 Å². The molecule has 13 heterocycles. The molecule has 1 aliphatic heterocycles. The number of aromatic nitrogens is 12. The van der Waals surface area contributed by atoms with Crippen LogP contribution in [0.15, 0.2) is 122 Å². The lowest BCUT2D eigenvalue weighted by molar-refractivity contribution is -0.137. The Labute approximate surface area is 495 Å². The number of aliphatic carboxylic acids is 1. The van der Waals surface area contributed by atoms with Gasteiger partial charge in [-0.3, -0.25) is 9.59 Å². The number of carboxylic acid groups (broad SMARTS) is 1. The van der Waals surface area contributed by atoms with Crippen molar-refractivity contribution >= 4 is 126 Å². The van der Waals surface area contributed by atoms with Gasteiger partial charge in [0.1, 0.15) is 75.4 Å². The van der Waals surface area contributed by atoms with Crippen LogP contribution in [0.1, 0.15) is 57.6 Å². The molecule has 26 nitrogen and oxygen atoms in total. The first-order chi connectivity index (χ1) is 40.9. The Kier molecular flexibility index (Phi) is 18.8. The number of rotatable bonds is 18. The molecule has 12 aromatic heterocycles. The van der Waals surface area contributed by atoms with Crippen molar-refractivity contribution in [3.63, 3.8) is 0 Å². The van der Waals surface area contributed by atoms with Gasteiger partial charge in [-0.25, -0.2) is 19.9 Å². The molecule has 0 unspecified atom stereocenters. The van der Waals surface area contributed by atoms with Crippen LogP contribution in [-0.2, 0) is 55.5 Å². The molecule has 0 aromatic carbocycles. The predicted octanol–water partition coefficient (Wildman–Crippen LogP) is 10.7. The summed E-state index contributed by atoms with van der Waals surface area (Å²) in [6, 6.07) is 20.2. The molecule has 1 saturated heterocycles. The Morgan fingerprint density at radius 1 is 0.607 bits per heavy atom. The van der Waals surface area contributed by atoms with E-state index in [-0.39, 0.29) is 40.2 Å². The van der Waals surface area contributed by atoms with E-state index in [0.29, 0.717) is 101 Å². The molecule has 0 bridgehead atoms. The Hall–Kier alpha value is -9.18. The molecule has 1 amide bonds. The number of aromatic amines is 3. The van der Waals surface area contributed by atoms with E-state index in [9.17, 15) is 9.59 Å². The van der Waals surface area contributed by atoms with Crippen molar-refractivity contribution in [3.8, 4) is 0 Å². The number of fused-ring (bicyclic) bond motifs is 4. The van der Waals surface area contributed by atoms with Gasteiger partial charge in [-0.2, -0.15) is 19.9 Å². The number of carbonyl (C=O) groups is 2.